The van der Waals surface area contributed by atoms with E-state index in [1.54, 1.807) is 12.1 Å². The molecule has 3 nitrogen and oxygen atoms in total. The summed E-state index contributed by atoms with van der Waals surface area (Å²) in [5.74, 6) is 1.22. The maximum absolute atomic E-state index is 14.0. The van der Waals surface area contributed by atoms with Crippen molar-refractivity contribution in [2.45, 2.75) is 46.6 Å². The smallest absolute Gasteiger partial charge is 0.132 e. The van der Waals surface area contributed by atoms with Crippen LogP contribution in [0.4, 0.5) is 10.2 Å². The highest BCUT2D eigenvalue weighted by Gasteiger charge is 2.17. The van der Waals surface area contributed by atoms with Gasteiger partial charge < -0.3 is 10.3 Å². The first-order chi connectivity index (χ1) is 9.58. The molecule has 0 aliphatic rings. The van der Waals surface area contributed by atoms with Gasteiger partial charge in [0.15, 0.2) is 0 Å². The van der Waals surface area contributed by atoms with Crippen LogP contribution in [-0.4, -0.2) is 9.55 Å². The van der Waals surface area contributed by atoms with Crippen LogP contribution in [-0.2, 0) is 13.0 Å². The fourth-order valence-electron chi connectivity index (χ4n) is 2.37. The maximum Gasteiger partial charge on any atom is 0.132 e. The van der Waals surface area contributed by atoms with E-state index in [1.165, 1.54) is 6.07 Å². The molecular formula is C16H22FN3. The maximum atomic E-state index is 14.0. The molecule has 0 aliphatic heterocycles. The molecule has 0 saturated heterocycles. The van der Waals surface area contributed by atoms with Crippen molar-refractivity contribution in [2.24, 2.45) is 0 Å². The summed E-state index contributed by atoms with van der Waals surface area (Å²) in [7, 11) is 0. The van der Waals surface area contributed by atoms with Gasteiger partial charge in [-0.2, -0.15) is 0 Å². The molecule has 0 fully saturated rings. The number of aryl methyl sites for hydroxylation is 2. The number of rotatable bonds is 5. The van der Waals surface area contributed by atoms with Crippen molar-refractivity contribution in [3.63, 3.8) is 0 Å². The van der Waals surface area contributed by atoms with Crippen molar-refractivity contribution in [3.8, 4) is 11.3 Å². The Hall–Kier alpha value is -1.84. The summed E-state index contributed by atoms with van der Waals surface area (Å²) in [5.41, 5.74) is 8.27. The third-order valence-electron chi connectivity index (χ3n) is 3.51. The van der Waals surface area contributed by atoms with Crippen LogP contribution in [0.15, 0.2) is 18.2 Å². The number of nitrogens with two attached hydrogens (primary N) is 1. The van der Waals surface area contributed by atoms with Crippen molar-refractivity contribution in [3.05, 3.63) is 35.4 Å². The highest BCUT2D eigenvalue weighted by atomic mass is 19.1. The van der Waals surface area contributed by atoms with E-state index in [0.717, 1.165) is 37.2 Å². The number of nitrogens with zero attached hydrogens (tertiary/aromatic N) is 2. The van der Waals surface area contributed by atoms with Gasteiger partial charge in [0.25, 0.3) is 0 Å². The van der Waals surface area contributed by atoms with Crippen LogP contribution in [0.5, 0.6) is 0 Å². The van der Waals surface area contributed by atoms with Crippen molar-refractivity contribution in [1.29, 1.82) is 0 Å². The normalized spacial score (nSPS) is 11.0. The quantitative estimate of drug-likeness (QED) is 0.898. The zero-order valence-electron chi connectivity index (χ0n) is 12.4. The monoisotopic (exact) mass is 275 g/mol. The Bertz CT molecular complexity index is 602. The van der Waals surface area contributed by atoms with Crippen molar-refractivity contribution >= 4 is 5.82 Å². The second kappa shape index (κ2) is 6.07. The molecule has 0 spiro atoms. The lowest BCUT2D eigenvalue weighted by Gasteiger charge is -2.08. The average Bonchev–Trinajstić information content (AvgIpc) is 2.75. The Morgan fingerprint density at radius 2 is 2.05 bits per heavy atom. The number of aromatic nitrogens is 2. The van der Waals surface area contributed by atoms with Gasteiger partial charge in [-0.15, -0.1) is 0 Å². The first-order valence-electron chi connectivity index (χ1n) is 7.19. The molecule has 2 rings (SSSR count). The first-order valence-corrected chi connectivity index (χ1v) is 7.19. The van der Waals surface area contributed by atoms with Gasteiger partial charge in [-0.1, -0.05) is 31.9 Å². The first kappa shape index (κ1) is 14.6. The third-order valence-corrected chi connectivity index (χ3v) is 3.51. The summed E-state index contributed by atoms with van der Waals surface area (Å²) in [6.45, 7) is 6.96. The van der Waals surface area contributed by atoms with Crippen LogP contribution in [0.2, 0.25) is 0 Å². The number of unbranched alkanes of at least 4 members (excludes halogenated alkanes) is 1. The largest absolute Gasteiger partial charge is 0.383 e. The van der Waals surface area contributed by atoms with Crippen LogP contribution in [0.3, 0.4) is 0 Å². The van der Waals surface area contributed by atoms with Crippen molar-refractivity contribution in [1.82, 2.24) is 9.55 Å². The molecular weight excluding hydrogens is 253 g/mol. The van der Waals surface area contributed by atoms with Gasteiger partial charge in [0, 0.05) is 18.5 Å². The second-order valence-electron chi connectivity index (χ2n) is 5.10. The Morgan fingerprint density at radius 3 is 2.70 bits per heavy atom. The second-order valence-corrected chi connectivity index (χ2v) is 5.10. The van der Waals surface area contributed by atoms with E-state index in [1.807, 2.05) is 18.4 Å². The summed E-state index contributed by atoms with van der Waals surface area (Å²) in [5, 5.41) is 0. The molecule has 0 radical (unpaired) electrons. The van der Waals surface area contributed by atoms with Crippen LogP contribution in [0, 0.1) is 12.7 Å². The molecule has 2 aromatic rings. The molecule has 0 aliphatic carbocycles. The number of halogens is 1. The highest BCUT2D eigenvalue weighted by molar-refractivity contribution is 5.72. The van der Waals surface area contributed by atoms with E-state index in [-0.39, 0.29) is 5.82 Å². The van der Waals surface area contributed by atoms with Crippen LogP contribution in [0.1, 0.15) is 38.1 Å². The van der Waals surface area contributed by atoms with Crippen molar-refractivity contribution < 1.29 is 4.39 Å². The van der Waals surface area contributed by atoms with E-state index < -0.39 is 0 Å². The number of nitrogen functional groups attached to an aromatic ring is 1. The number of benzene rings is 1. The summed E-state index contributed by atoms with van der Waals surface area (Å²) in [6.07, 6.45) is 2.93. The molecule has 0 unspecified atom stereocenters. The van der Waals surface area contributed by atoms with E-state index in [2.05, 4.69) is 11.9 Å². The zero-order valence-corrected chi connectivity index (χ0v) is 12.4. The Labute approximate surface area is 119 Å². The number of imidazole rings is 1. The Kier molecular flexibility index (Phi) is 4.42. The summed E-state index contributed by atoms with van der Waals surface area (Å²) < 4.78 is 16.0. The lowest BCUT2D eigenvalue weighted by molar-refractivity contribution is 0.612. The van der Waals surface area contributed by atoms with E-state index in [4.69, 9.17) is 5.73 Å². The topological polar surface area (TPSA) is 43.8 Å². The molecule has 4 heteroatoms. The molecule has 0 atom stereocenters. The standard InChI is InChI=1S/C16H22FN3/c1-4-6-9-20-14(5-2)19-15(16(20)18)12-10-11(3)7-8-13(12)17/h7-8,10H,4-6,9,18H2,1-3H3. The molecule has 1 heterocycles. The van der Waals surface area contributed by atoms with E-state index >= 15 is 0 Å². The molecule has 1 aromatic heterocycles. The third kappa shape index (κ3) is 2.69. The minimum Gasteiger partial charge on any atom is -0.383 e. The highest BCUT2D eigenvalue weighted by Crippen LogP contribution is 2.29. The van der Waals surface area contributed by atoms with Gasteiger partial charge >= 0.3 is 0 Å². The molecule has 1 aromatic carbocycles. The fraction of sp³-hybridized carbons (Fsp3) is 0.438. The number of hydrogen-bond acceptors (Lipinski definition) is 2. The van der Waals surface area contributed by atoms with Gasteiger partial charge in [0.1, 0.15) is 23.2 Å². The molecule has 20 heavy (non-hydrogen) atoms. The van der Waals surface area contributed by atoms with E-state index in [0.29, 0.717) is 17.1 Å². The zero-order chi connectivity index (χ0) is 14.7. The molecule has 0 saturated carbocycles. The summed E-state index contributed by atoms with van der Waals surface area (Å²) in [4.78, 5) is 4.55. The molecule has 0 bridgehead atoms. The number of hydrogen-bond donors (Lipinski definition) is 1. The van der Waals surface area contributed by atoms with Gasteiger partial charge in [-0.05, 0) is 25.5 Å². The van der Waals surface area contributed by atoms with Crippen LogP contribution >= 0.6 is 0 Å². The van der Waals surface area contributed by atoms with Crippen LogP contribution < -0.4 is 5.73 Å². The van der Waals surface area contributed by atoms with Crippen molar-refractivity contribution in [2.75, 3.05) is 5.73 Å². The van der Waals surface area contributed by atoms with Crippen LogP contribution in [0.25, 0.3) is 11.3 Å². The minimum absolute atomic E-state index is 0.273. The minimum atomic E-state index is -0.273. The summed E-state index contributed by atoms with van der Waals surface area (Å²) in [6, 6.07) is 5.03. The summed E-state index contributed by atoms with van der Waals surface area (Å²) >= 11 is 0. The van der Waals surface area contributed by atoms with Gasteiger partial charge in [0.2, 0.25) is 0 Å². The number of anilines is 1. The predicted octanol–water partition coefficient (Wildman–Crippen LogP) is 3.94. The predicted molar refractivity (Wildman–Crippen MR) is 81.1 cm³/mol. The lowest BCUT2D eigenvalue weighted by Crippen LogP contribution is -2.06. The van der Waals surface area contributed by atoms with Gasteiger partial charge in [0.05, 0.1) is 0 Å². The van der Waals surface area contributed by atoms with Gasteiger partial charge in [-0.25, -0.2) is 9.37 Å². The Morgan fingerprint density at radius 1 is 1.30 bits per heavy atom. The van der Waals surface area contributed by atoms with Gasteiger partial charge in [-0.3, -0.25) is 0 Å². The van der Waals surface area contributed by atoms with E-state index in [9.17, 15) is 4.39 Å². The fourth-order valence-corrected chi connectivity index (χ4v) is 2.37. The molecule has 108 valence electrons. The Balaban J connectivity index is 2.52. The molecule has 2 N–H and O–H groups in total. The molecule has 0 amide bonds. The average molecular weight is 275 g/mol. The lowest BCUT2D eigenvalue weighted by atomic mass is 10.1. The SMILES string of the molecule is CCCCn1c(CC)nc(-c2cc(C)ccc2F)c1N.